The first kappa shape index (κ1) is 11.8. The lowest BCUT2D eigenvalue weighted by Gasteiger charge is -2.06. The molecule has 1 aliphatic heterocycles. The van der Waals surface area contributed by atoms with Crippen LogP contribution in [0.3, 0.4) is 0 Å². The molecular weight excluding hydrogens is 252 g/mol. The van der Waals surface area contributed by atoms with Crippen LogP contribution >= 0.6 is 12.4 Å². The monoisotopic (exact) mass is 264 g/mol. The lowest BCUT2D eigenvalue weighted by molar-refractivity contribution is 0.562. The first-order valence-corrected chi connectivity index (χ1v) is 6.38. The third-order valence-electron chi connectivity index (χ3n) is 3.15. The normalized spacial score (nSPS) is 31.9. The van der Waals surface area contributed by atoms with Gasteiger partial charge in [-0.1, -0.05) is 0 Å². The number of fused-ring (bicyclic) bond motifs is 1. The second-order valence-electron chi connectivity index (χ2n) is 4.05. The number of hydrogen-bond acceptors (Lipinski definition) is 4. The van der Waals surface area contributed by atoms with Gasteiger partial charge in [-0.05, 0) is 24.9 Å². The molecule has 0 bridgehead atoms. The van der Waals surface area contributed by atoms with Crippen LogP contribution in [0.4, 0.5) is 0 Å². The second-order valence-corrected chi connectivity index (χ2v) is 5.73. The Morgan fingerprint density at radius 2 is 2.06 bits per heavy atom. The number of nitrogens with one attached hydrogen (secondary N) is 3. The molecule has 2 heterocycles. The minimum absolute atomic E-state index is 0. The zero-order valence-corrected chi connectivity index (χ0v) is 10.0. The van der Waals surface area contributed by atoms with Gasteiger partial charge in [0, 0.05) is 6.04 Å². The Balaban J connectivity index is 0.000000963. The van der Waals surface area contributed by atoms with Gasteiger partial charge in [0.25, 0.3) is 10.0 Å². The molecule has 90 valence electrons. The number of sulfonamides is 1. The van der Waals surface area contributed by atoms with E-state index >= 15 is 0 Å². The first-order chi connectivity index (χ1) is 7.18. The first-order valence-electron chi connectivity index (χ1n) is 4.90. The van der Waals surface area contributed by atoms with Gasteiger partial charge < -0.3 is 10.3 Å². The topological polar surface area (TPSA) is 86.9 Å². The SMILES string of the molecule is Cl.O=S(=O)(NC1C2CNCC21)c1cnc[nH]1. The largest absolute Gasteiger partial charge is 0.335 e. The molecule has 2 aliphatic rings. The van der Waals surface area contributed by atoms with Gasteiger partial charge in [0.05, 0.1) is 12.5 Å². The van der Waals surface area contributed by atoms with Crippen LogP contribution in [0.15, 0.2) is 17.6 Å². The number of halogens is 1. The molecule has 0 spiro atoms. The van der Waals surface area contributed by atoms with E-state index < -0.39 is 10.0 Å². The third-order valence-corrected chi connectivity index (χ3v) is 4.53. The summed E-state index contributed by atoms with van der Waals surface area (Å²) in [6.45, 7) is 1.83. The molecule has 1 aromatic rings. The number of rotatable bonds is 3. The zero-order valence-electron chi connectivity index (χ0n) is 8.38. The van der Waals surface area contributed by atoms with Gasteiger partial charge in [-0.3, -0.25) is 0 Å². The molecule has 1 saturated carbocycles. The Morgan fingerprint density at radius 1 is 1.38 bits per heavy atom. The van der Waals surface area contributed by atoms with Crippen LogP contribution < -0.4 is 10.0 Å². The van der Waals surface area contributed by atoms with E-state index in [2.05, 4.69) is 20.0 Å². The molecule has 2 atom stereocenters. The zero-order chi connectivity index (χ0) is 10.5. The summed E-state index contributed by atoms with van der Waals surface area (Å²) in [6, 6.07) is 0.111. The molecular formula is C8H13ClN4O2S. The van der Waals surface area contributed by atoms with E-state index in [0.29, 0.717) is 11.8 Å². The molecule has 16 heavy (non-hydrogen) atoms. The van der Waals surface area contributed by atoms with Crippen molar-refractivity contribution in [2.75, 3.05) is 13.1 Å². The molecule has 2 fully saturated rings. The number of H-pyrrole nitrogens is 1. The Kier molecular flexibility index (Phi) is 2.95. The minimum atomic E-state index is -3.39. The fourth-order valence-corrected chi connectivity index (χ4v) is 3.47. The maximum Gasteiger partial charge on any atom is 0.257 e. The highest BCUT2D eigenvalue weighted by Crippen LogP contribution is 2.42. The van der Waals surface area contributed by atoms with E-state index in [1.807, 2.05) is 0 Å². The molecule has 0 aromatic carbocycles. The van der Waals surface area contributed by atoms with Crippen molar-refractivity contribution in [2.45, 2.75) is 11.1 Å². The predicted octanol–water partition coefficient (Wildman–Crippen LogP) is -0.672. The number of hydrogen-bond donors (Lipinski definition) is 3. The van der Waals surface area contributed by atoms with Crippen molar-refractivity contribution in [3.8, 4) is 0 Å². The quantitative estimate of drug-likeness (QED) is 0.676. The lowest BCUT2D eigenvalue weighted by Crippen LogP contribution is -2.32. The summed E-state index contributed by atoms with van der Waals surface area (Å²) < 4.78 is 26.2. The highest BCUT2D eigenvalue weighted by molar-refractivity contribution is 7.89. The fraction of sp³-hybridized carbons (Fsp3) is 0.625. The molecule has 3 rings (SSSR count). The van der Waals surface area contributed by atoms with E-state index in [-0.39, 0.29) is 23.5 Å². The van der Waals surface area contributed by atoms with E-state index in [1.54, 1.807) is 0 Å². The summed E-state index contributed by atoms with van der Waals surface area (Å²) in [5.74, 6) is 0.949. The summed E-state index contributed by atoms with van der Waals surface area (Å²) >= 11 is 0. The fourth-order valence-electron chi connectivity index (χ4n) is 2.23. The Morgan fingerprint density at radius 3 is 2.62 bits per heavy atom. The van der Waals surface area contributed by atoms with Gasteiger partial charge in [-0.25, -0.2) is 18.1 Å². The highest BCUT2D eigenvalue weighted by Gasteiger charge is 2.54. The summed E-state index contributed by atoms with van der Waals surface area (Å²) in [5.41, 5.74) is 0. The van der Waals surface area contributed by atoms with Crippen LogP contribution in [0.2, 0.25) is 0 Å². The Labute approximate surface area is 99.7 Å². The maximum absolute atomic E-state index is 11.8. The van der Waals surface area contributed by atoms with Crippen LogP contribution in [0.25, 0.3) is 0 Å². The van der Waals surface area contributed by atoms with Crippen LogP contribution in [0.1, 0.15) is 0 Å². The van der Waals surface area contributed by atoms with Gasteiger partial charge in [0.15, 0.2) is 5.03 Å². The van der Waals surface area contributed by atoms with Crippen molar-refractivity contribution in [2.24, 2.45) is 11.8 Å². The molecule has 1 aliphatic carbocycles. The number of imidazole rings is 1. The van der Waals surface area contributed by atoms with E-state index in [9.17, 15) is 8.42 Å². The second kappa shape index (κ2) is 3.99. The summed E-state index contributed by atoms with van der Waals surface area (Å²) in [7, 11) is -3.39. The van der Waals surface area contributed by atoms with Crippen molar-refractivity contribution < 1.29 is 8.42 Å². The van der Waals surface area contributed by atoms with Gasteiger partial charge in [0.1, 0.15) is 0 Å². The average molecular weight is 265 g/mol. The third kappa shape index (κ3) is 1.84. The molecule has 0 radical (unpaired) electrons. The maximum atomic E-state index is 11.8. The summed E-state index contributed by atoms with van der Waals surface area (Å²) in [5, 5.41) is 3.36. The molecule has 1 saturated heterocycles. The van der Waals surface area contributed by atoms with Crippen molar-refractivity contribution in [1.29, 1.82) is 0 Å². The number of piperidine rings is 1. The Hall–Kier alpha value is -0.630. The molecule has 2 unspecified atom stereocenters. The van der Waals surface area contributed by atoms with E-state index in [4.69, 9.17) is 0 Å². The number of nitrogens with zero attached hydrogens (tertiary/aromatic N) is 1. The standard InChI is InChI=1S/C8H12N4O2S.ClH/c13-15(14,7-3-10-4-11-7)12-8-5-1-9-2-6(5)8;/h3-6,8-9,12H,1-2H2,(H,10,11);1H. The minimum Gasteiger partial charge on any atom is -0.335 e. The molecule has 1 aromatic heterocycles. The number of aromatic nitrogens is 2. The summed E-state index contributed by atoms with van der Waals surface area (Å²) in [6.07, 6.45) is 2.68. The van der Waals surface area contributed by atoms with Gasteiger partial charge >= 0.3 is 0 Å². The van der Waals surface area contributed by atoms with Crippen LogP contribution in [0, 0.1) is 11.8 Å². The molecule has 8 heteroatoms. The van der Waals surface area contributed by atoms with Gasteiger partial charge in [0.2, 0.25) is 0 Å². The highest BCUT2D eigenvalue weighted by atomic mass is 35.5. The lowest BCUT2D eigenvalue weighted by atomic mass is 10.4. The Bertz CT molecular complexity index is 450. The van der Waals surface area contributed by atoms with E-state index in [0.717, 1.165) is 13.1 Å². The van der Waals surface area contributed by atoms with Gasteiger partial charge in [-0.2, -0.15) is 0 Å². The van der Waals surface area contributed by atoms with Crippen LogP contribution in [0.5, 0.6) is 0 Å². The predicted molar refractivity (Wildman–Crippen MR) is 59.8 cm³/mol. The van der Waals surface area contributed by atoms with Crippen molar-refractivity contribution in [3.63, 3.8) is 0 Å². The van der Waals surface area contributed by atoms with Crippen LogP contribution in [-0.4, -0.2) is 37.5 Å². The molecule has 6 nitrogen and oxygen atoms in total. The van der Waals surface area contributed by atoms with Gasteiger partial charge in [-0.15, -0.1) is 12.4 Å². The average Bonchev–Trinajstić information content (AvgIpc) is 2.75. The van der Waals surface area contributed by atoms with Crippen LogP contribution in [-0.2, 0) is 10.0 Å². The molecule has 3 N–H and O–H groups in total. The molecule has 0 amide bonds. The smallest absolute Gasteiger partial charge is 0.257 e. The number of aromatic amines is 1. The van der Waals surface area contributed by atoms with Crippen molar-refractivity contribution in [3.05, 3.63) is 12.5 Å². The van der Waals surface area contributed by atoms with Crippen molar-refractivity contribution in [1.82, 2.24) is 20.0 Å². The van der Waals surface area contributed by atoms with E-state index in [1.165, 1.54) is 12.5 Å². The summed E-state index contributed by atoms with van der Waals surface area (Å²) in [4.78, 5) is 6.30. The van der Waals surface area contributed by atoms with Crippen molar-refractivity contribution >= 4 is 22.4 Å².